The Morgan fingerprint density at radius 1 is 1.08 bits per heavy atom. The Morgan fingerprint density at radius 2 is 1.74 bits per heavy atom. The Morgan fingerprint density at radius 3 is 2.31 bits per heavy atom. The van der Waals surface area contributed by atoms with E-state index in [1.54, 1.807) is 43.9 Å². The van der Waals surface area contributed by atoms with Gasteiger partial charge in [-0.25, -0.2) is 9.79 Å². The smallest absolute Gasteiger partial charge is 0.338 e. The Hall–Kier alpha value is -4.38. The van der Waals surface area contributed by atoms with Crippen LogP contribution < -0.4 is 29.1 Å². The SMILES string of the molecule is CC(=O)O.CCOc1ccc(/C=c2/sc3n(c2=O)C(c2ccc(OC)cc2)C(C(=O)OC)=C(C)N=3)cc1OC. The summed E-state index contributed by atoms with van der Waals surface area (Å²) in [5, 5.41) is 7.42. The molecule has 3 aromatic rings. The summed E-state index contributed by atoms with van der Waals surface area (Å²) in [4.78, 5) is 40.5. The van der Waals surface area contributed by atoms with Crippen LogP contribution in [0.1, 0.15) is 37.9 Å². The normalized spacial score (nSPS) is 14.4. The van der Waals surface area contributed by atoms with Crippen molar-refractivity contribution in [2.24, 2.45) is 4.99 Å². The van der Waals surface area contributed by atoms with Gasteiger partial charge in [0, 0.05) is 6.92 Å². The number of aromatic nitrogens is 1. The summed E-state index contributed by atoms with van der Waals surface area (Å²) < 4.78 is 23.4. The minimum Gasteiger partial charge on any atom is -0.497 e. The van der Waals surface area contributed by atoms with Crippen molar-refractivity contribution in [1.82, 2.24) is 4.57 Å². The molecule has 2 heterocycles. The number of hydrogen-bond donors (Lipinski definition) is 1. The van der Waals surface area contributed by atoms with E-state index in [1.807, 2.05) is 37.3 Å². The van der Waals surface area contributed by atoms with Gasteiger partial charge in [-0.2, -0.15) is 0 Å². The fourth-order valence-electron chi connectivity index (χ4n) is 3.99. The van der Waals surface area contributed by atoms with E-state index in [1.165, 1.54) is 18.4 Å². The number of methoxy groups -OCH3 is 3. The van der Waals surface area contributed by atoms with Crippen molar-refractivity contribution in [3.05, 3.63) is 84.5 Å². The lowest BCUT2D eigenvalue weighted by atomic mass is 9.96. The maximum absolute atomic E-state index is 13.6. The monoisotopic (exact) mass is 554 g/mol. The largest absolute Gasteiger partial charge is 0.497 e. The fourth-order valence-corrected chi connectivity index (χ4v) is 5.04. The van der Waals surface area contributed by atoms with Crippen molar-refractivity contribution in [2.45, 2.75) is 26.8 Å². The molecule has 0 amide bonds. The molecule has 11 heteroatoms. The number of aliphatic carboxylic acids is 1. The van der Waals surface area contributed by atoms with Gasteiger partial charge in [0.1, 0.15) is 5.75 Å². The van der Waals surface area contributed by atoms with Crippen LogP contribution in [0.3, 0.4) is 0 Å². The van der Waals surface area contributed by atoms with Crippen LogP contribution in [-0.2, 0) is 14.3 Å². The molecule has 0 fully saturated rings. The van der Waals surface area contributed by atoms with Gasteiger partial charge in [0.05, 0.1) is 49.8 Å². The van der Waals surface area contributed by atoms with E-state index in [-0.39, 0.29) is 5.56 Å². The van der Waals surface area contributed by atoms with Crippen molar-refractivity contribution in [2.75, 3.05) is 27.9 Å². The average Bonchev–Trinajstić information content (AvgIpc) is 3.22. The molecule has 39 heavy (non-hydrogen) atoms. The van der Waals surface area contributed by atoms with Crippen molar-refractivity contribution in [3.8, 4) is 17.2 Å². The van der Waals surface area contributed by atoms with Crippen molar-refractivity contribution < 1.29 is 33.6 Å². The first kappa shape index (κ1) is 29.2. The molecule has 0 saturated heterocycles. The quantitative estimate of drug-likeness (QED) is 0.442. The highest BCUT2D eigenvalue weighted by Crippen LogP contribution is 2.32. The number of esters is 1. The van der Waals surface area contributed by atoms with Gasteiger partial charge < -0.3 is 24.1 Å². The molecule has 1 aliphatic heterocycles. The summed E-state index contributed by atoms with van der Waals surface area (Å²) in [5.41, 5.74) is 2.10. The van der Waals surface area contributed by atoms with Gasteiger partial charge in [-0.1, -0.05) is 29.5 Å². The summed E-state index contributed by atoms with van der Waals surface area (Å²) in [6.45, 7) is 5.25. The summed E-state index contributed by atoms with van der Waals surface area (Å²) in [6.07, 6.45) is 1.78. The molecule has 1 aliphatic rings. The molecule has 0 radical (unpaired) electrons. The molecule has 1 atom stereocenters. The summed E-state index contributed by atoms with van der Waals surface area (Å²) in [5.74, 6) is 0.517. The summed E-state index contributed by atoms with van der Waals surface area (Å²) in [7, 11) is 4.47. The van der Waals surface area contributed by atoms with Crippen LogP contribution in [0.25, 0.3) is 6.08 Å². The Bertz CT molecular complexity index is 1560. The van der Waals surface area contributed by atoms with Gasteiger partial charge in [-0.3, -0.25) is 14.2 Å². The van der Waals surface area contributed by atoms with Crippen LogP contribution in [-0.4, -0.2) is 49.5 Å². The van der Waals surface area contributed by atoms with Crippen LogP contribution >= 0.6 is 11.3 Å². The predicted octanol–water partition coefficient (Wildman–Crippen LogP) is 2.92. The maximum Gasteiger partial charge on any atom is 0.338 e. The number of ether oxygens (including phenoxy) is 4. The standard InChI is InChI=1S/C26H26N2O6S.C2H4O2/c1-6-34-19-12-7-16(13-20(19)32-4)14-21-24(29)28-23(17-8-10-18(31-3)11-9-17)22(25(30)33-5)15(2)27-26(28)35-21;1-2(3)4/h7-14,23H,6H2,1-5H3;1H3,(H,3,4)/b21-14+;. The average molecular weight is 555 g/mol. The summed E-state index contributed by atoms with van der Waals surface area (Å²) in [6, 6.07) is 12.1. The molecule has 0 spiro atoms. The third-order valence-electron chi connectivity index (χ3n) is 5.64. The van der Waals surface area contributed by atoms with Gasteiger partial charge in [-0.05, 0) is 55.3 Å². The van der Waals surface area contributed by atoms with Gasteiger partial charge in [-0.15, -0.1) is 0 Å². The number of carboxylic acids is 1. The predicted molar refractivity (Wildman–Crippen MR) is 146 cm³/mol. The molecular formula is C28H30N2O8S. The van der Waals surface area contributed by atoms with Gasteiger partial charge in [0.25, 0.3) is 11.5 Å². The third-order valence-corrected chi connectivity index (χ3v) is 6.63. The Labute approximate surface area is 229 Å². The van der Waals surface area contributed by atoms with E-state index in [0.717, 1.165) is 18.1 Å². The number of carbonyl (C=O) groups excluding carboxylic acids is 1. The van der Waals surface area contributed by atoms with Crippen LogP contribution in [0, 0.1) is 0 Å². The van der Waals surface area contributed by atoms with E-state index in [2.05, 4.69) is 4.99 Å². The van der Waals surface area contributed by atoms with E-state index in [0.29, 0.717) is 44.5 Å². The lowest BCUT2D eigenvalue weighted by molar-refractivity contribution is -0.137. The zero-order valence-electron chi connectivity index (χ0n) is 22.5. The summed E-state index contributed by atoms with van der Waals surface area (Å²) >= 11 is 1.26. The molecule has 4 rings (SSSR count). The van der Waals surface area contributed by atoms with E-state index in [9.17, 15) is 9.59 Å². The van der Waals surface area contributed by atoms with E-state index in [4.69, 9.17) is 28.8 Å². The Kier molecular flexibility index (Phi) is 9.67. The number of nitrogens with zero attached hydrogens (tertiary/aromatic N) is 2. The molecule has 2 aromatic carbocycles. The van der Waals surface area contributed by atoms with Gasteiger partial charge in [0.2, 0.25) is 0 Å². The minimum atomic E-state index is -0.833. The zero-order valence-corrected chi connectivity index (χ0v) is 23.3. The molecular weight excluding hydrogens is 524 g/mol. The number of benzene rings is 2. The number of hydrogen-bond acceptors (Lipinski definition) is 9. The Balaban J connectivity index is 0.000000983. The number of thiazole rings is 1. The van der Waals surface area contributed by atoms with E-state index < -0.39 is 18.0 Å². The first-order valence-corrected chi connectivity index (χ1v) is 12.7. The first-order valence-electron chi connectivity index (χ1n) is 11.9. The number of carboxylic acid groups (broad SMARTS) is 1. The van der Waals surface area contributed by atoms with Gasteiger partial charge >= 0.3 is 5.97 Å². The molecule has 0 saturated carbocycles. The first-order chi connectivity index (χ1) is 18.6. The number of fused-ring (bicyclic) bond motifs is 1. The molecule has 1 aromatic heterocycles. The second-order valence-corrected chi connectivity index (χ2v) is 9.22. The molecule has 10 nitrogen and oxygen atoms in total. The topological polar surface area (TPSA) is 126 Å². The molecule has 206 valence electrons. The van der Waals surface area contributed by atoms with Crippen molar-refractivity contribution in [3.63, 3.8) is 0 Å². The van der Waals surface area contributed by atoms with Crippen LogP contribution in [0.5, 0.6) is 17.2 Å². The fraction of sp³-hybridized carbons (Fsp3) is 0.286. The maximum atomic E-state index is 13.6. The van der Waals surface area contributed by atoms with Gasteiger partial charge in [0.15, 0.2) is 16.3 Å². The number of rotatable bonds is 7. The molecule has 0 bridgehead atoms. The minimum absolute atomic E-state index is 0.253. The second kappa shape index (κ2) is 12.9. The molecule has 1 N–H and O–H groups in total. The number of carbonyl (C=O) groups is 2. The highest BCUT2D eigenvalue weighted by Gasteiger charge is 2.33. The second-order valence-electron chi connectivity index (χ2n) is 8.21. The van der Waals surface area contributed by atoms with Crippen molar-refractivity contribution >= 4 is 29.4 Å². The van der Waals surface area contributed by atoms with Crippen LogP contribution in [0.4, 0.5) is 0 Å². The highest BCUT2D eigenvalue weighted by atomic mass is 32.1. The van der Waals surface area contributed by atoms with Crippen LogP contribution in [0.15, 0.2) is 63.5 Å². The molecule has 0 aliphatic carbocycles. The lowest BCUT2D eigenvalue weighted by Crippen LogP contribution is -2.39. The molecule has 1 unspecified atom stereocenters. The lowest BCUT2D eigenvalue weighted by Gasteiger charge is -2.24. The van der Waals surface area contributed by atoms with Crippen molar-refractivity contribution in [1.29, 1.82) is 0 Å². The zero-order chi connectivity index (χ0) is 28.7. The van der Waals surface area contributed by atoms with Crippen LogP contribution in [0.2, 0.25) is 0 Å². The highest BCUT2D eigenvalue weighted by molar-refractivity contribution is 7.07. The van der Waals surface area contributed by atoms with E-state index >= 15 is 0 Å². The third kappa shape index (κ3) is 6.55. The number of allylic oxidation sites excluding steroid dienone is 1.